The van der Waals surface area contributed by atoms with Crippen LogP contribution in [0.2, 0.25) is 5.15 Å². The van der Waals surface area contributed by atoms with E-state index in [2.05, 4.69) is 9.97 Å². The average molecular weight is 390 g/mol. The van der Waals surface area contributed by atoms with E-state index in [9.17, 15) is 22.8 Å². The first kappa shape index (κ1) is 19.2. The smallest absolute Gasteiger partial charge is 0.368 e. The Balaban J connectivity index is 2.06. The van der Waals surface area contributed by atoms with Gasteiger partial charge in [-0.1, -0.05) is 41.6 Å². The van der Waals surface area contributed by atoms with Crippen molar-refractivity contribution in [1.82, 2.24) is 9.97 Å². The van der Waals surface area contributed by atoms with Gasteiger partial charge in [0.15, 0.2) is 6.29 Å². The molecule has 1 heterocycles. The first-order valence-corrected chi connectivity index (χ1v) is 8.16. The van der Waals surface area contributed by atoms with Crippen molar-refractivity contribution in [1.29, 1.82) is 0 Å². The van der Waals surface area contributed by atoms with Gasteiger partial charge in [0.2, 0.25) is 5.95 Å². The van der Waals surface area contributed by atoms with Crippen LogP contribution in [0.4, 0.5) is 19.1 Å². The number of Topliss-reactive ketones (excluding diaryl/α,β-unsaturated/α-hetero) is 1. The summed E-state index contributed by atoms with van der Waals surface area (Å²) < 4.78 is 38.0. The van der Waals surface area contributed by atoms with E-state index in [0.29, 0.717) is 6.29 Å². The summed E-state index contributed by atoms with van der Waals surface area (Å²) in [6, 6.07) is 4.55. The lowest BCUT2D eigenvalue weighted by molar-refractivity contribution is -0.137. The number of aldehydes is 1. The van der Waals surface area contributed by atoms with E-state index in [4.69, 9.17) is 17.3 Å². The molecule has 0 amide bonds. The minimum Gasteiger partial charge on any atom is -0.368 e. The van der Waals surface area contributed by atoms with Gasteiger partial charge in [0, 0.05) is 6.42 Å². The third-order valence-electron chi connectivity index (χ3n) is 3.02. The van der Waals surface area contributed by atoms with Crippen LogP contribution in [0.3, 0.4) is 0 Å². The molecule has 132 valence electrons. The van der Waals surface area contributed by atoms with Gasteiger partial charge in [-0.2, -0.15) is 13.2 Å². The standard InChI is InChI=1S/C15H11ClF3N3O2S/c16-12-11(6-23)13(22-14(20)21-12)25-7-10(24)5-8-2-1-3-9(4-8)15(17,18)19/h1-4,6H,5,7H2,(H2,20,21,22). The Kier molecular flexibility index (Phi) is 6.02. The molecule has 2 rings (SSSR count). The van der Waals surface area contributed by atoms with Gasteiger partial charge < -0.3 is 5.73 Å². The summed E-state index contributed by atoms with van der Waals surface area (Å²) in [5, 5.41) is 0.0141. The second-order valence-corrected chi connectivity index (χ2v) is 6.23. The average Bonchev–Trinajstić information content (AvgIpc) is 2.52. The molecular weight excluding hydrogens is 379 g/mol. The van der Waals surface area contributed by atoms with Crippen LogP contribution in [0.5, 0.6) is 0 Å². The second kappa shape index (κ2) is 7.83. The lowest BCUT2D eigenvalue weighted by Crippen LogP contribution is -2.10. The maximum Gasteiger partial charge on any atom is 0.416 e. The molecule has 1 aromatic heterocycles. The van der Waals surface area contributed by atoms with E-state index in [0.717, 1.165) is 23.9 Å². The van der Waals surface area contributed by atoms with Crippen molar-refractivity contribution in [3.8, 4) is 0 Å². The van der Waals surface area contributed by atoms with Crippen LogP contribution in [0, 0.1) is 0 Å². The molecule has 10 heteroatoms. The van der Waals surface area contributed by atoms with Crippen LogP contribution >= 0.6 is 23.4 Å². The van der Waals surface area contributed by atoms with Crippen molar-refractivity contribution in [2.45, 2.75) is 17.6 Å². The Morgan fingerprint density at radius 2 is 2.04 bits per heavy atom. The predicted octanol–water partition coefficient (Wildman–Crippen LogP) is 3.45. The topological polar surface area (TPSA) is 85.9 Å². The molecule has 0 bridgehead atoms. The minimum atomic E-state index is -4.47. The maximum atomic E-state index is 12.7. The first-order valence-electron chi connectivity index (χ1n) is 6.79. The number of halogens is 4. The van der Waals surface area contributed by atoms with Crippen molar-refractivity contribution in [3.05, 3.63) is 46.1 Å². The zero-order valence-electron chi connectivity index (χ0n) is 12.5. The normalized spacial score (nSPS) is 11.4. The lowest BCUT2D eigenvalue weighted by Gasteiger charge is -2.09. The summed E-state index contributed by atoms with van der Waals surface area (Å²) in [4.78, 5) is 30.5. The van der Waals surface area contributed by atoms with Gasteiger partial charge >= 0.3 is 6.18 Å². The molecule has 0 unspecified atom stereocenters. The highest BCUT2D eigenvalue weighted by molar-refractivity contribution is 8.00. The largest absolute Gasteiger partial charge is 0.416 e. The fourth-order valence-electron chi connectivity index (χ4n) is 1.93. The number of ketones is 1. The van der Waals surface area contributed by atoms with E-state index in [-0.39, 0.29) is 45.2 Å². The van der Waals surface area contributed by atoms with Crippen LogP contribution in [0.25, 0.3) is 0 Å². The molecule has 0 aliphatic rings. The predicted molar refractivity (Wildman–Crippen MR) is 87.7 cm³/mol. The number of nitrogens with zero attached hydrogens (tertiary/aromatic N) is 2. The van der Waals surface area contributed by atoms with Crippen LogP contribution in [0.15, 0.2) is 29.3 Å². The van der Waals surface area contributed by atoms with Gasteiger partial charge in [0.05, 0.1) is 16.9 Å². The third kappa shape index (κ3) is 5.17. The Hall–Kier alpha value is -2.13. The van der Waals surface area contributed by atoms with Crippen LogP contribution in [0.1, 0.15) is 21.5 Å². The molecule has 0 saturated heterocycles. The highest BCUT2D eigenvalue weighted by Gasteiger charge is 2.30. The molecule has 5 nitrogen and oxygen atoms in total. The fourth-order valence-corrected chi connectivity index (χ4v) is 3.07. The highest BCUT2D eigenvalue weighted by atomic mass is 35.5. The van der Waals surface area contributed by atoms with Crippen molar-refractivity contribution < 1.29 is 22.8 Å². The van der Waals surface area contributed by atoms with Gasteiger partial charge in [-0.25, -0.2) is 9.97 Å². The number of benzene rings is 1. The Labute approximate surface area is 149 Å². The number of carbonyl (C=O) groups excluding carboxylic acids is 2. The van der Waals surface area contributed by atoms with Crippen molar-refractivity contribution >= 4 is 41.4 Å². The van der Waals surface area contributed by atoms with Crippen molar-refractivity contribution in [2.24, 2.45) is 0 Å². The summed E-state index contributed by atoms with van der Waals surface area (Å²) in [6.45, 7) is 0. The SMILES string of the molecule is Nc1nc(Cl)c(C=O)c(SCC(=O)Cc2cccc(C(F)(F)F)c2)n1. The maximum absolute atomic E-state index is 12.7. The molecule has 0 aliphatic carbocycles. The molecule has 0 aliphatic heterocycles. The van der Waals surface area contributed by atoms with E-state index < -0.39 is 11.7 Å². The van der Waals surface area contributed by atoms with Gasteiger partial charge in [-0.3, -0.25) is 9.59 Å². The monoisotopic (exact) mass is 389 g/mol. The van der Waals surface area contributed by atoms with E-state index in [1.165, 1.54) is 12.1 Å². The molecule has 2 N–H and O–H groups in total. The number of nitrogens with two attached hydrogens (primary N) is 1. The minimum absolute atomic E-state index is 0.00716. The molecule has 0 radical (unpaired) electrons. The molecular formula is C15H11ClF3N3O2S. The van der Waals surface area contributed by atoms with Crippen molar-refractivity contribution in [3.63, 3.8) is 0 Å². The van der Waals surface area contributed by atoms with E-state index >= 15 is 0 Å². The number of aromatic nitrogens is 2. The molecule has 1 aromatic carbocycles. The summed E-state index contributed by atoms with van der Waals surface area (Å²) in [6.07, 6.45) is -4.20. The number of alkyl halides is 3. The van der Waals surface area contributed by atoms with Gasteiger partial charge in [-0.05, 0) is 11.6 Å². The quantitative estimate of drug-likeness (QED) is 0.462. The highest BCUT2D eigenvalue weighted by Crippen LogP contribution is 2.30. The summed E-state index contributed by atoms with van der Waals surface area (Å²) in [7, 11) is 0. The summed E-state index contributed by atoms with van der Waals surface area (Å²) in [5.41, 5.74) is 4.88. The number of rotatable bonds is 6. The van der Waals surface area contributed by atoms with Crippen LogP contribution < -0.4 is 5.73 Å². The molecule has 0 atom stereocenters. The summed E-state index contributed by atoms with van der Waals surface area (Å²) >= 11 is 6.69. The first-order chi connectivity index (χ1) is 11.7. The van der Waals surface area contributed by atoms with Crippen LogP contribution in [-0.2, 0) is 17.4 Å². The molecule has 2 aromatic rings. The number of carbonyl (C=O) groups is 2. The molecule has 25 heavy (non-hydrogen) atoms. The number of nitrogen functional groups attached to an aromatic ring is 1. The summed E-state index contributed by atoms with van der Waals surface area (Å²) in [5.74, 6) is -0.595. The Bertz CT molecular complexity index is 815. The zero-order chi connectivity index (χ0) is 18.6. The van der Waals surface area contributed by atoms with Gasteiger partial charge in [0.1, 0.15) is 16.0 Å². The zero-order valence-corrected chi connectivity index (χ0v) is 14.1. The fraction of sp³-hybridized carbons (Fsp3) is 0.200. The Morgan fingerprint density at radius 3 is 2.68 bits per heavy atom. The number of hydrogen-bond acceptors (Lipinski definition) is 6. The molecule has 0 spiro atoms. The van der Waals surface area contributed by atoms with E-state index in [1.54, 1.807) is 0 Å². The van der Waals surface area contributed by atoms with Gasteiger partial charge in [-0.15, -0.1) is 0 Å². The lowest BCUT2D eigenvalue weighted by atomic mass is 10.1. The van der Waals surface area contributed by atoms with Crippen LogP contribution in [-0.4, -0.2) is 27.8 Å². The number of thioether (sulfide) groups is 1. The van der Waals surface area contributed by atoms with Crippen molar-refractivity contribution in [2.75, 3.05) is 11.5 Å². The molecule has 0 fully saturated rings. The Morgan fingerprint density at radius 1 is 1.32 bits per heavy atom. The molecule has 0 saturated carbocycles. The third-order valence-corrected chi connectivity index (χ3v) is 4.36. The number of anilines is 1. The second-order valence-electron chi connectivity index (χ2n) is 4.91. The number of hydrogen-bond donors (Lipinski definition) is 1. The van der Waals surface area contributed by atoms with Gasteiger partial charge in [0.25, 0.3) is 0 Å². The van der Waals surface area contributed by atoms with E-state index in [1.807, 2.05) is 0 Å².